The largest absolute Gasteiger partial charge is 0.307 e. The zero-order chi connectivity index (χ0) is 15.0. The fraction of sp³-hybridized carbons (Fsp3) is 0.600. The Labute approximate surface area is 116 Å². The Hall–Kier alpha value is -2.46. The molecule has 2 heterocycles. The first-order valence-electron chi connectivity index (χ1n) is 6.30. The molecule has 11 heteroatoms. The minimum Gasteiger partial charge on any atom is -0.258 e. The SMILES string of the molecule is O=[N+]([O-])c1cnn(C(CC(F)F)c2nnnn2C2CC2)c1. The second-order valence-electron chi connectivity index (χ2n) is 4.79. The zero-order valence-corrected chi connectivity index (χ0v) is 10.7. The number of hydrogen-bond acceptors (Lipinski definition) is 6. The third-order valence-corrected chi connectivity index (χ3v) is 3.23. The lowest BCUT2D eigenvalue weighted by atomic mass is 10.2. The van der Waals surface area contributed by atoms with E-state index >= 15 is 0 Å². The summed E-state index contributed by atoms with van der Waals surface area (Å²) in [5.74, 6) is 0.246. The van der Waals surface area contributed by atoms with Crippen molar-refractivity contribution >= 4 is 5.69 Å². The highest BCUT2D eigenvalue weighted by atomic mass is 19.3. The Kier molecular flexibility index (Phi) is 3.31. The second kappa shape index (κ2) is 5.14. The van der Waals surface area contributed by atoms with Gasteiger partial charge in [0, 0.05) is 6.42 Å². The third kappa shape index (κ3) is 2.71. The summed E-state index contributed by atoms with van der Waals surface area (Å²) < 4.78 is 28.3. The highest BCUT2D eigenvalue weighted by Crippen LogP contribution is 2.37. The number of nitrogens with zero attached hydrogens (tertiary/aromatic N) is 7. The van der Waals surface area contributed by atoms with Gasteiger partial charge in [-0.2, -0.15) is 5.10 Å². The molecule has 0 bridgehead atoms. The van der Waals surface area contributed by atoms with Gasteiger partial charge in [-0.05, 0) is 23.3 Å². The summed E-state index contributed by atoms with van der Waals surface area (Å²) >= 11 is 0. The molecular weight excluding hydrogens is 288 g/mol. The van der Waals surface area contributed by atoms with E-state index in [0.29, 0.717) is 0 Å². The average molecular weight is 299 g/mol. The predicted octanol–water partition coefficient (Wildman–Crippen LogP) is 1.36. The molecule has 2 aromatic rings. The number of alkyl halides is 2. The molecule has 21 heavy (non-hydrogen) atoms. The molecule has 0 radical (unpaired) electrons. The van der Waals surface area contributed by atoms with Gasteiger partial charge in [0.05, 0.1) is 11.0 Å². The number of tetrazole rings is 1. The van der Waals surface area contributed by atoms with Crippen molar-refractivity contribution in [3.8, 4) is 0 Å². The number of nitro groups is 1. The van der Waals surface area contributed by atoms with Gasteiger partial charge in [-0.15, -0.1) is 5.10 Å². The summed E-state index contributed by atoms with van der Waals surface area (Å²) in [6.07, 6.45) is 0.731. The van der Waals surface area contributed by atoms with Crippen LogP contribution >= 0.6 is 0 Å². The highest BCUT2D eigenvalue weighted by Gasteiger charge is 2.33. The maximum Gasteiger partial charge on any atom is 0.307 e. The van der Waals surface area contributed by atoms with Crippen LogP contribution in [-0.2, 0) is 0 Å². The second-order valence-corrected chi connectivity index (χ2v) is 4.79. The third-order valence-electron chi connectivity index (χ3n) is 3.23. The smallest absolute Gasteiger partial charge is 0.258 e. The number of halogens is 2. The Morgan fingerprint density at radius 2 is 2.24 bits per heavy atom. The van der Waals surface area contributed by atoms with Crippen LogP contribution in [0.4, 0.5) is 14.5 Å². The van der Waals surface area contributed by atoms with Gasteiger partial charge in [-0.1, -0.05) is 0 Å². The van der Waals surface area contributed by atoms with E-state index < -0.39 is 23.8 Å². The maximum absolute atomic E-state index is 12.8. The molecule has 0 saturated heterocycles. The van der Waals surface area contributed by atoms with Crippen LogP contribution in [0.5, 0.6) is 0 Å². The minimum absolute atomic E-state index is 0.112. The average Bonchev–Trinajstić information content (AvgIpc) is 2.98. The topological polar surface area (TPSA) is 105 Å². The molecule has 1 saturated carbocycles. The summed E-state index contributed by atoms with van der Waals surface area (Å²) in [5, 5.41) is 25.6. The van der Waals surface area contributed by atoms with Crippen LogP contribution in [0, 0.1) is 10.1 Å². The van der Waals surface area contributed by atoms with Crippen molar-refractivity contribution in [1.29, 1.82) is 0 Å². The van der Waals surface area contributed by atoms with Crippen LogP contribution < -0.4 is 0 Å². The molecule has 112 valence electrons. The van der Waals surface area contributed by atoms with Crippen LogP contribution in [0.15, 0.2) is 12.4 Å². The van der Waals surface area contributed by atoms with Crippen LogP contribution in [-0.4, -0.2) is 41.3 Å². The summed E-state index contributed by atoms with van der Waals surface area (Å²) in [6, 6.07) is -0.824. The van der Waals surface area contributed by atoms with Gasteiger partial charge in [0.2, 0.25) is 6.43 Å². The van der Waals surface area contributed by atoms with Gasteiger partial charge in [0.25, 0.3) is 0 Å². The normalized spacial score (nSPS) is 16.3. The first kappa shape index (κ1) is 13.5. The van der Waals surface area contributed by atoms with Crippen molar-refractivity contribution in [2.75, 3.05) is 0 Å². The first-order valence-corrected chi connectivity index (χ1v) is 6.30. The van der Waals surface area contributed by atoms with Crippen molar-refractivity contribution in [2.45, 2.75) is 37.8 Å². The van der Waals surface area contributed by atoms with Gasteiger partial charge in [0.1, 0.15) is 18.4 Å². The molecule has 0 N–H and O–H groups in total. The standard InChI is InChI=1S/C10H11F2N7O2/c11-9(12)3-8(17-5-7(4-13-17)19(20)21)10-14-15-16-18(10)6-1-2-6/h4-6,8-9H,1-3H2. The highest BCUT2D eigenvalue weighted by molar-refractivity contribution is 5.22. The molecule has 1 aliphatic rings. The molecule has 1 unspecified atom stereocenters. The van der Waals surface area contributed by atoms with E-state index in [0.717, 1.165) is 29.9 Å². The zero-order valence-electron chi connectivity index (χ0n) is 10.7. The quantitative estimate of drug-likeness (QED) is 0.589. The van der Waals surface area contributed by atoms with E-state index in [1.807, 2.05) is 0 Å². The van der Waals surface area contributed by atoms with Crippen molar-refractivity contribution < 1.29 is 13.7 Å². The van der Waals surface area contributed by atoms with Crippen LogP contribution in [0.2, 0.25) is 0 Å². The summed E-state index contributed by atoms with van der Waals surface area (Å²) in [6.45, 7) is 0. The van der Waals surface area contributed by atoms with E-state index in [4.69, 9.17) is 0 Å². The minimum atomic E-state index is -2.61. The molecule has 1 fully saturated rings. The summed E-state index contributed by atoms with van der Waals surface area (Å²) in [5.41, 5.74) is -0.264. The van der Waals surface area contributed by atoms with Crippen molar-refractivity contribution in [3.63, 3.8) is 0 Å². The van der Waals surface area contributed by atoms with Crippen LogP contribution in [0.25, 0.3) is 0 Å². The first-order chi connectivity index (χ1) is 10.1. The molecule has 2 aromatic heterocycles. The van der Waals surface area contributed by atoms with Crippen molar-refractivity contribution in [2.24, 2.45) is 0 Å². The lowest BCUT2D eigenvalue weighted by Gasteiger charge is -2.16. The molecule has 1 aliphatic carbocycles. The Morgan fingerprint density at radius 1 is 1.48 bits per heavy atom. The van der Waals surface area contributed by atoms with E-state index in [9.17, 15) is 18.9 Å². The Balaban J connectivity index is 1.96. The van der Waals surface area contributed by atoms with Gasteiger partial charge < -0.3 is 0 Å². The van der Waals surface area contributed by atoms with Gasteiger partial charge in [-0.25, -0.2) is 13.5 Å². The molecule has 1 atom stereocenters. The van der Waals surface area contributed by atoms with Gasteiger partial charge >= 0.3 is 5.69 Å². The fourth-order valence-electron chi connectivity index (χ4n) is 2.09. The predicted molar refractivity (Wildman–Crippen MR) is 63.7 cm³/mol. The van der Waals surface area contributed by atoms with E-state index in [2.05, 4.69) is 20.6 Å². The molecular formula is C10H11F2N7O2. The fourth-order valence-corrected chi connectivity index (χ4v) is 2.09. The van der Waals surface area contributed by atoms with Crippen molar-refractivity contribution in [3.05, 3.63) is 28.3 Å². The lowest BCUT2D eigenvalue weighted by molar-refractivity contribution is -0.385. The molecule has 0 aliphatic heterocycles. The number of aromatic nitrogens is 6. The van der Waals surface area contributed by atoms with E-state index in [-0.39, 0.29) is 17.6 Å². The molecule has 0 aromatic carbocycles. The van der Waals surface area contributed by atoms with E-state index in [1.54, 1.807) is 0 Å². The maximum atomic E-state index is 12.8. The van der Waals surface area contributed by atoms with Crippen LogP contribution in [0.1, 0.15) is 37.2 Å². The molecule has 0 spiro atoms. The molecule has 3 rings (SSSR count). The lowest BCUT2D eigenvalue weighted by Crippen LogP contribution is -2.20. The molecule has 0 amide bonds. The summed E-state index contributed by atoms with van der Waals surface area (Å²) in [7, 11) is 0. The number of rotatable bonds is 6. The molecule has 9 nitrogen and oxygen atoms in total. The van der Waals surface area contributed by atoms with Gasteiger partial charge in [0.15, 0.2) is 5.82 Å². The Morgan fingerprint density at radius 3 is 2.81 bits per heavy atom. The Bertz CT molecular complexity index is 651. The number of hydrogen-bond donors (Lipinski definition) is 0. The van der Waals surface area contributed by atoms with Gasteiger partial charge in [-0.3, -0.25) is 14.8 Å². The van der Waals surface area contributed by atoms with Crippen LogP contribution in [0.3, 0.4) is 0 Å². The summed E-state index contributed by atoms with van der Waals surface area (Å²) in [4.78, 5) is 10.1. The monoisotopic (exact) mass is 299 g/mol. The van der Waals surface area contributed by atoms with Crippen molar-refractivity contribution in [1.82, 2.24) is 30.0 Å². The van der Waals surface area contributed by atoms with E-state index in [1.165, 1.54) is 4.68 Å².